The van der Waals surface area contributed by atoms with Crippen LogP contribution in [0.25, 0.3) is 11.0 Å². The van der Waals surface area contributed by atoms with Crippen molar-refractivity contribution in [2.24, 2.45) is 16.5 Å². The van der Waals surface area contributed by atoms with Gasteiger partial charge >= 0.3 is 0 Å². The van der Waals surface area contributed by atoms with E-state index in [1.165, 1.54) is 0 Å². The number of guanidine groups is 1. The van der Waals surface area contributed by atoms with Crippen LogP contribution in [-0.2, 0) is 17.8 Å². The minimum atomic E-state index is -1.70. The van der Waals surface area contributed by atoms with Crippen LogP contribution in [0, 0.1) is 0 Å². The highest BCUT2D eigenvalue weighted by molar-refractivity contribution is 8.76. The summed E-state index contributed by atoms with van der Waals surface area (Å²) in [6.45, 7) is 3.43. The molecule has 0 spiro atoms. The Morgan fingerprint density at radius 2 is 1.89 bits per heavy atom. The van der Waals surface area contributed by atoms with Gasteiger partial charge in [-0.1, -0.05) is 39.8 Å². The van der Waals surface area contributed by atoms with Gasteiger partial charge in [0.15, 0.2) is 5.96 Å². The zero-order chi connectivity index (χ0) is 33.1. The van der Waals surface area contributed by atoms with E-state index in [1.807, 2.05) is 18.2 Å². The lowest BCUT2D eigenvalue weighted by atomic mass is 9.77. The van der Waals surface area contributed by atoms with Crippen molar-refractivity contribution in [3.05, 3.63) is 74.7 Å². The molecule has 0 amide bonds. The topological polar surface area (TPSA) is 186 Å². The van der Waals surface area contributed by atoms with E-state index in [0.717, 1.165) is 36.8 Å². The van der Waals surface area contributed by atoms with E-state index in [9.17, 15) is 15.4 Å². The zero-order valence-electron chi connectivity index (χ0n) is 26.3. The first-order chi connectivity index (χ1) is 22.5. The van der Waals surface area contributed by atoms with Crippen LogP contribution in [0.3, 0.4) is 0 Å². The molecule has 0 saturated heterocycles. The number of aliphatic hydroxyl groups is 2. The highest BCUT2D eigenvalue weighted by atomic mass is 33.1. The minimum Gasteiger partial charge on any atom is -0.489 e. The van der Waals surface area contributed by atoms with Gasteiger partial charge in [0, 0.05) is 41.4 Å². The Labute approximate surface area is 280 Å². The molecule has 7 rings (SSSR count). The lowest BCUT2D eigenvalue weighted by Crippen LogP contribution is -2.39. The summed E-state index contributed by atoms with van der Waals surface area (Å²) in [6, 6.07) is 6.59. The molecule has 3 heterocycles. The van der Waals surface area contributed by atoms with Gasteiger partial charge in [-0.3, -0.25) is 15.5 Å². The number of fused-ring (bicyclic) bond motifs is 2. The normalized spacial score (nSPS) is 25.7. The summed E-state index contributed by atoms with van der Waals surface area (Å²) in [7, 11) is 3.12. The molecule has 4 atom stereocenters. The number of aliphatic imine (C=N–C) groups is 1. The Balaban J connectivity index is 1.53. The van der Waals surface area contributed by atoms with Gasteiger partial charge in [-0.15, -0.1) is 0 Å². The van der Waals surface area contributed by atoms with Crippen molar-refractivity contribution in [3.63, 3.8) is 0 Å². The van der Waals surface area contributed by atoms with Crippen molar-refractivity contribution < 1.29 is 29.3 Å². The number of rotatable bonds is 6. The van der Waals surface area contributed by atoms with Crippen LogP contribution in [0.1, 0.15) is 79.9 Å². The molecule has 0 unspecified atom stereocenters. The fourth-order valence-electron chi connectivity index (χ4n) is 7.21. The Bertz CT molecular complexity index is 1810. The molecule has 0 radical (unpaired) electrons. The molecule has 2 aliphatic carbocycles. The summed E-state index contributed by atoms with van der Waals surface area (Å²) in [6.07, 6.45) is 7.14. The van der Waals surface area contributed by atoms with E-state index in [1.54, 1.807) is 53.6 Å². The predicted octanol–water partition coefficient (Wildman–Crippen LogP) is 4.81. The first-order valence-electron chi connectivity index (χ1n) is 16.0. The van der Waals surface area contributed by atoms with Gasteiger partial charge in [0.2, 0.25) is 5.43 Å². The van der Waals surface area contributed by atoms with E-state index in [-0.39, 0.29) is 29.7 Å². The SMILES string of the molecule is CC(C)(O)[C@@H]1Cc2c(c3c4oc5c(c(=O)c4c2OC2CCCC2)[C@H](c2ccc(NO)cc2)C=C[C@@]5(O)C[C@@H](N=C(N)N)CSSC3)O1. The molecule has 3 aromatic rings. The average Bonchev–Trinajstić information content (AvgIpc) is 3.71. The summed E-state index contributed by atoms with van der Waals surface area (Å²) in [5.41, 5.74) is 13.9. The van der Waals surface area contributed by atoms with Crippen molar-refractivity contribution in [2.75, 3.05) is 11.2 Å². The number of nitrogens with zero attached hydrogens (tertiary/aromatic N) is 1. The summed E-state index contributed by atoms with van der Waals surface area (Å²) in [4.78, 5) is 19.6. The smallest absolute Gasteiger partial charge is 0.201 e. The quantitative estimate of drug-likeness (QED) is 0.0688. The summed E-state index contributed by atoms with van der Waals surface area (Å²) in [5, 5.41) is 33.2. The van der Waals surface area contributed by atoms with Gasteiger partial charge in [0.25, 0.3) is 0 Å². The second kappa shape index (κ2) is 12.3. The van der Waals surface area contributed by atoms with Crippen molar-refractivity contribution in [1.82, 2.24) is 0 Å². The van der Waals surface area contributed by atoms with E-state index < -0.39 is 29.3 Å². The number of nitrogens with two attached hydrogens (primary N) is 2. The lowest BCUT2D eigenvalue weighted by molar-refractivity contribution is -0.0231. The van der Waals surface area contributed by atoms with Gasteiger partial charge in [-0.2, -0.15) is 0 Å². The highest BCUT2D eigenvalue weighted by Gasteiger charge is 2.45. The maximum atomic E-state index is 15.2. The molecule has 2 bridgehead atoms. The standard InChI is InChI=1S/C34H40N4O7S2/c1-33(2,40)24-13-22-28(44-24)23-16-47-46-15-19(37-32(35)36)14-34(41)12-11-21(17-7-9-18(38-42)10-8-17)25-27(39)26(30(23)45-31(25)34)29(22)43-20-5-3-4-6-20/h7-12,19-21,24,38,40-42H,3-6,13-16H2,1-2H3,(H4,35,36,37)/t19-,21+,24+,34-/m1/s1. The number of nitrogens with one attached hydrogen (secondary N) is 1. The van der Waals surface area contributed by atoms with Gasteiger partial charge < -0.3 is 35.6 Å². The molecular formula is C34H40N4O7S2. The molecule has 47 heavy (non-hydrogen) atoms. The molecule has 250 valence electrons. The first-order valence-corrected chi connectivity index (χ1v) is 18.4. The molecule has 1 fully saturated rings. The molecule has 4 aliphatic rings. The average molecular weight is 681 g/mol. The van der Waals surface area contributed by atoms with Gasteiger partial charge in [-0.25, -0.2) is 4.99 Å². The summed E-state index contributed by atoms with van der Waals surface area (Å²) >= 11 is 0. The van der Waals surface area contributed by atoms with E-state index >= 15 is 4.79 Å². The maximum absolute atomic E-state index is 15.2. The number of anilines is 1. The van der Waals surface area contributed by atoms with Crippen LogP contribution in [0.5, 0.6) is 11.5 Å². The van der Waals surface area contributed by atoms with Crippen LogP contribution in [0.2, 0.25) is 0 Å². The van der Waals surface area contributed by atoms with Crippen LogP contribution in [-0.4, -0.2) is 51.0 Å². The fraction of sp³-hybridized carbons (Fsp3) is 0.471. The third-order valence-corrected chi connectivity index (χ3v) is 11.9. The fourth-order valence-corrected chi connectivity index (χ4v) is 9.48. The summed E-state index contributed by atoms with van der Waals surface area (Å²) < 4.78 is 20.1. The molecular weight excluding hydrogens is 641 g/mol. The van der Waals surface area contributed by atoms with E-state index in [4.69, 9.17) is 25.4 Å². The zero-order valence-corrected chi connectivity index (χ0v) is 28.0. The van der Waals surface area contributed by atoms with Crippen molar-refractivity contribution in [1.29, 1.82) is 0 Å². The molecule has 11 nitrogen and oxygen atoms in total. The highest BCUT2D eigenvalue weighted by Crippen LogP contribution is 2.52. The Hall–Kier alpha value is -3.36. The first kappa shape index (κ1) is 32.2. The molecule has 13 heteroatoms. The largest absolute Gasteiger partial charge is 0.489 e. The summed E-state index contributed by atoms with van der Waals surface area (Å²) in [5.74, 6) is 1.40. The Morgan fingerprint density at radius 1 is 1.15 bits per heavy atom. The minimum absolute atomic E-state index is 0.0664. The predicted molar refractivity (Wildman–Crippen MR) is 184 cm³/mol. The number of hydrogen-bond acceptors (Lipinski definition) is 11. The lowest BCUT2D eigenvalue weighted by Gasteiger charge is -2.34. The van der Waals surface area contributed by atoms with Crippen molar-refractivity contribution in [3.8, 4) is 11.5 Å². The van der Waals surface area contributed by atoms with E-state index in [0.29, 0.717) is 57.2 Å². The molecule has 2 aromatic carbocycles. The van der Waals surface area contributed by atoms with Crippen LogP contribution >= 0.6 is 21.6 Å². The number of hydrogen-bond donors (Lipinski definition) is 6. The third kappa shape index (κ3) is 5.86. The van der Waals surface area contributed by atoms with Crippen LogP contribution in [0.4, 0.5) is 5.69 Å². The molecule has 1 aromatic heterocycles. The van der Waals surface area contributed by atoms with Crippen molar-refractivity contribution >= 4 is 44.2 Å². The monoisotopic (exact) mass is 680 g/mol. The van der Waals surface area contributed by atoms with Gasteiger partial charge in [0.1, 0.15) is 39.9 Å². The second-order valence-electron chi connectivity index (χ2n) is 13.4. The van der Waals surface area contributed by atoms with Crippen molar-refractivity contribution in [2.45, 2.75) is 93.5 Å². The second-order valence-corrected chi connectivity index (χ2v) is 15.9. The van der Waals surface area contributed by atoms with Gasteiger partial charge in [-0.05, 0) is 63.3 Å². The molecule has 1 saturated carbocycles. The molecule has 2 aliphatic heterocycles. The number of ether oxygens (including phenoxy) is 2. The van der Waals surface area contributed by atoms with Gasteiger partial charge in [0.05, 0.1) is 29.0 Å². The van der Waals surface area contributed by atoms with E-state index in [2.05, 4.69) is 10.5 Å². The number of benzene rings is 2. The molecule has 8 N–H and O–H groups in total. The Morgan fingerprint density at radius 3 is 2.57 bits per heavy atom. The maximum Gasteiger partial charge on any atom is 0.201 e. The third-order valence-electron chi connectivity index (χ3n) is 9.59. The van der Waals surface area contributed by atoms with Crippen LogP contribution < -0.4 is 31.8 Å². The number of allylic oxidation sites excluding steroid dienone is 1. The Kier molecular flexibility index (Phi) is 8.40. The van der Waals surface area contributed by atoms with Crippen LogP contribution in [0.15, 0.2) is 50.6 Å².